The molecule has 0 aliphatic rings. The van der Waals surface area contributed by atoms with Gasteiger partial charge in [-0.2, -0.15) is 5.26 Å². The van der Waals surface area contributed by atoms with Crippen molar-refractivity contribution in [2.45, 2.75) is 19.3 Å². The van der Waals surface area contributed by atoms with Crippen LogP contribution in [0.25, 0.3) is 0 Å². The second-order valence-corrected chi connectivity index (χ2v) is 4.73. The third-order valence-electron chi connectivity index (χ3n) is 3.15. The number of carbonyl (C=O) groups is 1. The summed E-state index contributed by atoms with van der Waals surface area (Å²) in [7, 11) is 0. The maximum absolute atomic E-state index is 11.7. The number of pyridine rings is 1. The average Bonchev–Trinajstić information content (AvgIpc) is 2.54. The maximum atomic E-state index is 11.7. The first kappa shape index (κ1) is 14.7. The van der Waals surface area contributed by atoms with E-state index in [4.69, 9.17) is 5.26 Å². The molecule has 0 saturated heterocycles. The number of hydrogen-bond donors (Lipinski definition) is 1. The molecule has 4 heteroatoms. The Hall–Kier alpha value is -2.67. The molecule has 0 unspecified atom stereocenters. The molecule has 1 heterocycles. The van der Waals surface area contributed by atoms with Crippen LogP contribution in [-0.2, 0) is 17.6 Å². The van der Waals surface area contributed by atoms with E-state index in [0.717, 1.165) is 17.7 Å². The Balaban J connectivity index is 1.68. The van der Waals surface area contributed by atoms with Crippen LogP contribution in [0.1, 0.15) is 23.2 Å². The average molecular weight is 279 g/mol. The highest BCUT2D eigenvalue weighted by Crippen LogP contribution is 2.05. The molecule has 1 aromatic carbocycles. The Morgan fingerprint density at radius 1 is 1.14 bits per heavy atom. The van der Waals surface area contributed by atoms with Crippen LogP contribution in [0, 0.1) is 11.3 Å². The summed E-state index contributed by atoms with van der Waals surface area (Å²) in [6.45, 7) is 0.600. The number of nitrogens with zero attached hydrogens (tertiary/aromatic N) is 2. The molecule has 106 valence electrons. The fourth-order valence-corrected chi connectivity index (χ4v) is 1.97. The molecule has 4 nitrogen and oxygen atoms in total. The molecular weight excluding hydrogens is 262 g/mol. The molecular formula is C17H17N3O. The van der Waals surface area contributed by atoms with E-state index in [-0.39, 0.29) is 5.91 Å². The SMILES string of the molecule is N#Cc1ccc(CCC(=O)NCCc2ccccn2)cc1. The lowest BCUT2D eigenvalue weighted by molar-refractivity contribution is -0.121. The van der Waals surface area contributed by atoms with Crippen LogP contribution >= 0.6 is 0 Å². The highest BCUT2D eigenvalue weighted by atomic mass is 16.1. The Labute approximate surface area is 124 Å². The monoisotopic (exact) mass is 279 g/mol. The van der Waals surface area contributed by atoms with E-state index in [1.807, 2.05) is 30.3 Å². The number of aryl methyl sites for hydroxylation is 1. The zero-order valence-corrected chi connectivity index (χ0v) is 11.7. The van der Waals surface area contributed by atoms with E-state index >= 15 is 0 Å². The van der Waals surface area contributed by atoms with Gasteiger partial charge in [0.05, 0.1) is 11.6 Å². The van der Waals surface area contributed by atoms with Crippen molar-refractivity contribution in [2.24, 2.45) is 0 Å². The summed E-state index contributed by atoms with van der Waals surface area (Å²) in [6.07, 6.45) is 3.63. The third kappa shape index (κ3) is 5.07. The topological polar surface area (TPSA) is 65.8 Å². The minimum atomic E-state index is 0.0373. The number of hydrogen-bond acceptors (Lipinski definition) is 3. The van der Waals surface area contributed by atoms with E-state index in [1.54, 1.807) is 18.3 Å². The minimum absolute atomic E-state index is 0.0373. The molecule has 21 heavy (non-hydrogen) atoms. The summed E-state index contributed by atoms with van der Waals surface area (Å²) < 4.78 is 0. The summed E-state index contributed by atoms with van der Waals surface area (Å²) in [4.78, 5) is 16.0. The fraction of sp³-hybridized carbons (Fsp3) is 0.235. The summed E-state index contributed by atoms with van der Waals surface area (Å²) in [6, 6.07) is 15.2. The molecule has 1 aromatic heterocycles. The van der Waals surface area contributed by atoms with Gasteiger partial charge in [0.2, 0.25) is 5.91 Å². The summed E-state index contributed by atoms with van der Waals surface area (Å²) in [5.74, 6) is 0.0373. The van der Waals surface area contributed by atoms with E-state index in [0.29, 0.717) is 24.9 Å². The largest absolute Gasteiger partial charge is 0.356 e. The molecule has 0 saturated carbocycles. The lowest BCUT2D eigenvalue weighted by Gasteiger charge is -2.05. The quantitative estimate of drug-likeness (QED) is 0.882. The molecule has 0 spiro atoms. The van der Waals surface area contributed by atoms with Gasteiger partial charge in [0, 0.05) is 31.3 Å². The van der Waals surface area contributed by atoms with Gasteiger partial charge in [-0.05, 0) is 36.2 Å². The first-order chi connectivity index (χ1) is 10.3. The van der Waals surface area contributed by atoms with E-state index < -0.39 is 0 Å². The zero-order valence-electron chi connectivity index (χ0n) is 11.7. The number of nitriles is 1. The third-order valence-corrected chi connectivity index (χ3v) is 3.15. The van der Waals surface area contributed by atoms with Crippen molar-refractivity contribution in [1.82, 2.24) is 10.3 Å². The van der Waals surface area contributed by atoms with Crippen molar-refractivity contribution in [3.8, 4) is 6.07 Å². The lowest BCUT2D eigenvalue weighted by atomic mass is 10.1. The van der Waals surface area contributed by atoms with Gasteiger partial charge in [-0.3, -0.25) is 9.78 Å². The highest BCUT2D eigenvalue weighted by Gasteiger charge is 2.02. The fourth-order valence-electron chi connectivity index (χ4n) is 1.97. The van der Waals surface area contributed by atoms with Gasteiger partial charge in [-0.15, -0.1) is 0 Å². The van der Waals surface area contributed by atoms with Gasteiger partial charge in [0.15, 0.2) is 0 Å². The van der Waals surface area contributed by atoms with Crippen molar-refractivity contribution in [2.75, 3.05) is 6.54 Å². The lowest BCUT2D eigenvalue weighted by Crippen LogP contribution is -2.26. The number of benzene rings is 1. The molecule has 0 aliphatic heterocycles. The van der Waals surface area contributed by atoms with Crippen LogP contribution in [0.4, 0.5) is 0 Å². The van der Waals surface area contributed by atoms with Gasteiger partial charge in [0.25, 0.3) is 0 Å². The number of rotatable bonds is 6. The Kier molecular flexibility index (Phi) is 5.48. The number of amides is 1. The van der Waals surface area contributed by atoms with Gasteiger partial charge < -0.3 is 5.32 Å². The van der Waals surface area contributed by atoms with Gasteiger partial charge in [0.1, 0.15) is 0 Å². The maximum Gasteiger partial charge on any atom is 0.220 e. The van der Waals surface area contributed by atoms with Gasteiger partial charge in [-0.1, -0.05) is 18.2 Å². The molecule has 0 aliphatic carbocycles. The zero-order chi connectivity index (χ0) is 14.9. The van der Waals surface area contributed by atoms with Crippen LogP contribution in [0.15, 0.2) is 48.7 Å². The molecule has 2 rings (SSSR count). The molecule has 2 aromatic rings. The van der Waals surface area contributed by atoms with Crippen LogP contribution in [-0.4, -0.2) is 17.4 Å². The first-order valence-corrected chi connectivity index (χ1v) is 6.93. The van der Waals surface area contributed by atoms with Gasteiger partial charge in [-0.25, -0.2) is 0 Å². The second-order valence-electron chi connectivity index (χ2n) is 4.73. The van der Waals surface area contributed by atoms with Crippen molar-refractivity contribution in [3.05, 3.63) is 65.5 Å². The van der Waals surface area contributed by atoms with Crippen molar-refractivity contribution in [3.63, 3.8) is 0 Å². The number of nitrogens with one attached hydrogen (secondary N) is 1. The normalized spacial score (nSPS) is 9.86. The van der Waals surface area contributed by atoms with Crippen molar-refractivity contribution >= 4 is 5.91 Å². The standard InChI is InChI=1S/C17H17N3O/c18-13-15-6-4-14(5-7-15)8-9-17(21)20-12-10-16-3-1-2-11-19-16/h1-7,11H,8-10,12H2,(H,20,21). The Morgan fingerprint density at radius 2 is 1.95 bits per heavy atom. The van der Waals surface area contributed by atoms with Crippen LogP contribution < -0.4 is 5.32 Å². The van der Waals surface area contributed by atoms with Crippen LogP contribution in [0.2, 0.25) is 0 Å². The molecule has 1 amide bonds. The molecule has 1 N–H and O–H groups in total. The smallest absolute Gasteiger partial charge is 0.220 e. The predicted molar refractivity (Wildman–Crippen MR) is 80.4 cm³/mol. The first-order valence-electron chi connectivity index (χ1n) is 6.93. The molecule has 0 radical (unpaired) electrons. The molecule has 0 atom stereocenters. The number of aromatic nitrogens is 1. The molecule has 0 bridgehead atoms. The second kappa shape index (κ2) is 7.81. The van der Waals surface area contributed by atoms with E-state index in [1.165, 1.54) is 0 Å². The van der Waals surface area contributed by atoms with E-state index in [2.05, 4.69) is 16.4 Å². The molecule has 0 fully saturated rings. The minimum Gasteiger partial charge on any atom is -0.356 e. The van der Waals surface area contributed by atoms with E-state index in [9.17, 15) is 4.79 Å². The van der Waals surface area contributed by atoms with Crippen LogP contribution in [0.5, 0.6) is 0 Å². The predicted octanol–water partition coefficient (Wildman–Crippen LogP) is 2.24. The summed E-state index contributed by atoms with van der Waals surface area (Å²) in [5.41, 5.74) is 2.68. The number of carbonyl (C=O) groups excluding carboxylic acids is 1. The van der Waals surface area contributed by atoms with Crippen LogP contribution in [0.3, 0.4) is 0 Å². The highest BCUT2D eigenvalue weighted by molar-refractivity contribution is 5.76. The van der Waals surface area contributed by atoms with Crippen molar-refractivity contribution < 1.29 is 4.79 Å². The summed E-state index contributed by atoms with van der Waals surface area (Å²) in [5, 5.41) is 11.6. The summed E-state index contributed by atoms with van der Waals surface area (Å²) >= 11 is 0. The Bertz CT molecular complexity index is 615. The Morgan fingerprint density at radius 3 is 2.62 bits per heavy atom. The van der Waals surface area contributed by atoms with Gasteiger partial charge >= 0.3 is 0 Å². The van der Waals surface area contributed by atoms with Crippen molar-refractivity contribution in [1.29, 1.82) is 5.26 Å².